The van der Waals surface area contributed by atoms with E-state index in [9.17, 15) is 5.26 Å². The average Bonchev–Trinajstić information content (AvgIpc) is 2.97. The van der Waals surface area contributed by atoms with E-state index in [4.69, 9.17) is 16.3 Å². The van der Waals surface area contributed by atoms with E-state index >= 15 is 0 Å². The minimum Gasteiger partial charge on any atom is -0.497 e. The number of halogens is 1. The van der Waals surface area contributed by atoms with E-state index in [2.05, 4.69) is 16.0 Å². The van der Waals surface area contributed by atoms with Crippen molar-refractivity contribution in [3.63, 3.8) is 0 Å². The highest BCUT2D eigenvalue weighted by Crippen LogP contribution is 2.30. The van der Waals surface area contributed by atoms with Gasteiger partial charge in [-0.3, -0.25) is 4.98 Å². The highest BCUT2D eigenvalue weighted by Gasteiger charge is 2.10. The molecule has 1 aromatic carbocycles. The van der Waals surface area contributed by atoms with Crippen molar-refractivity contribution < 1.29 is 4.74 Å². The number of aromatic nitrogens is 2. The molecule has 1 N–H and O–H groups in total. The van der Waals surface area contributed by atoms with E-state index in [-0.39, 0.29) is 0 Å². The Hall–Kier alpha value is -2.77. The molecule has 0 bridgehead atoms. The Kier molecular flexibility index (Phi) is 3.82. The van der Waals surface area contributed by atoms with E-state index in [1.54, 1.807) is 31.6 Å². The molecular weight excluding hydrogens is 298 g/mol. The number of rotatable bonds is 3. The van der Waals surface area contributed by atoms with Gasteiger partial charge in [0.05, 0.1) is 23.8 Å². The van der Waals surface area contributed by atoms with Crippen molar-refractivity contribution in [2.24, 2.45) is 0 Å². The molecule has 22 heavy (non-hydrogen) atoms. The predicted octanol–water partition coefficient (Wildman–Crippen LogP) is 4.29. The second kappa shape index (κ2) is 5.92. The Balaban J connectivity index is 2.16. The number of hydrogen-bond donors (Lipinski definition) is 1. The normalized spacial score (nSPS) is 11.4. The molecule has 3 aromatic rings. The van der Waals surface area contributed by atoms with E-state index in [0.29, 0.717) is 16.2 Å². The Bertz CT molecular complexity index is 906. The van der Waals surface area contributed by atoms with Gasteiger partial charge in [-0.2, -0.15) is 5.26 Å². The summed E-state index contributed by atoms with van der Waals surface area (Å²) in [5.41, 5.74) is 2.96. The molecule has 0 fully saturated rings. The number of allylic oxidation sites excluding steroid dienone is 1. The van der Waals surface area contributed by atoms with Crippen LogP contribution < -0.4 is 4.74 Å². The van der Waals surface area contributed by atoms with Crippen molar-refractivity contribution in [1.29, 1.82) is 5.26 Å². The van der Waals surface area contributed by atoms with Crippen LogP contribution in [-0.2, 0) is 0 Å². The Labute approximate surface area is 132 Å². The summed E-state index contributed by atoms with van der Waals surface area (Å²) >= 11 is 6.13. The second-order valence-electron chi connectivity index (χ2n) is 4.68. The number of nitrogens with one attached hydrogen (secondary N) is 1. The smallest absolute Gasteiger partial charge is 0.119 e. The minimum absolute atomic E-state index is 0.509. The van der Waals surface area contributed by atoms with Crippen LogP contribution in [0.4, 0.5) is 0 Å². The third kappa shape index (κ3) is 2.54. The molecule has 0 atom stereocenters. The Morgan fingerprint density at radius 2 is 2.27 bits per heavy atom. The largest absolute Gasteiger partial charge is 0.497 e. The monoisotopic (exact) mass is 309 g/mol. The van der Waals surface area contributed by atoms with Crippen LogP contribution in [0, 0.1) is 11.3 Å². The maximum absolute atomic E-state index is 9.51. The highest BCUT2D eigenvalue weighted by atomic mass is 35.5. The molecule has 0 saturated carbocycles. The molecule has 0 saturated heterocycles. The average molecular weight is 310 g/mol. The molecule has 0 unspecified atom stereocenters. The van der Waals surface area contributed by atoms with Crippen LogP contribution in [0.25, 0.3) is 22.6 Å². The van der Waals surface area contributed by atoms with Crippen LogP contribution in [0.5, 0.6) is 5.75 Å². The van der Waals surface area contributed by atoms with Gasteiger partial charge in [-0.1, -0.05) is 11.6 Å². The van der Waals surface area contributed by atoms with Gasteiger partial charge in [-0.05, 0) is 30.3 Å². The number of ether oxygens (including phenoxy) is 1. The summed E-state index contributed by atoms with van der Waals surface area (Å²) in [5.74, 6) is 0.741. The number of aromatic amines is 1. The van der Waals surface area contributed by atoms with Crippen LogP contribution in [0.15, 0.2) is 42.9 Å². The number of benzene rings is 1. The van der Waals surface area contributed by atoms with E-state index in [1.165, 1.54) is 0 Å². The van der Waals surface area contributed by atoms with Gasteiger partial charge < -0.3 is 9.72 Å². The molecular formula is C17H12ClN3O. The first-order valence-electron chi connectivity index (χ1n) is 6.59. The number of pyridine rings is 1. The fourth-order valence-corrected chi connectivity index (χ4v) is 2.43. The topological polar surface area (TPSA) is 61.7 Å². The number of hydrogen-bond acceptors (Lipinski definition) is 3. The van der Waals surface area contributed by atoms with Gasteiger partial charge in [-0.25, -0.2) is 0 Å². The second-order valence-corrected chi connectivity index (χ2v) is 5.09. The SMILES string of the molecule is COc1ccc2[nH]cc(/C(C#N)=C\c3cnccc3Cl)c2c1. The van der Waals surface area contributed by atoms with Gasteiger partial charge in [-0.15, -0.1) is 0 Å². The van der Waals surface area contributed by atoms with Crippen molar-refractivity contribution in [1.82, 2.24) is 9.97 Å². The quantitative estimate of drug-likeness (QED) is 0.734. The zero-order valence-electron chi connectivity index (χ0n) is 11.8. The Morgan fingerprint density at radius 3 is 3.00 bits per heavy atom. The molecule has 0 aliphatic rings. The molecule has 108 valence electrons. The lowest BCUT2D eigenvalue weighted by Gasteiger charge is -2.02. The van der Waals surface area contributed by atoms with Gasteiger partial charge in [0, 0.05) is 40.6 Å². The summed E-state index contributed by atoms with van der Waals surface area (Å²) in [6.07, 6.45) is 6.79. The fraction of sp³-hybridized carbons (Fsp3) is 0.0588. The maximum Gasteiger partial charge on any atom is 0.119 e. The summed E-state index contributed by atoms with van der Waals surface area (Å²) in [6.45, 7) is 0. The van der Waals surface area contributed by atoms with Gasteiger partial charge in [0.2, 0.25) is 0 Å². The zero-order valence-corrected chi connectivity index (χ0v) is 12.6. The number of methoxy groups -OCH3 is 1. The van der Waals surface area contributed by atoms with Crippen molar-refractivity contribution in [3.05, 3.63) is 59.0 Å². The molecule has 3 rings (SSSR count). The summed E-state index contributed by atoms with van der Waals surface area (Å²) in [6, 6.07) is 9.61. The molecule has 0 aliphatic carbocycles. The number of fused-ring (bicyclic) bond motifs is 1. The Morgan fingerprint density at radius 1 is 1.41 bits per heavy atom. The van der Waals surface area contributed by atoms with Gasteiger partial charge >= 0.3 is 0 Å². The first-order valence-corrected chi connectivity index (χ1v) is 6.97. The summed E-state index contributed by atoms with van der Waals surface area (Å²) in [4.78, 5) is 7.20. The zero-order chi connectivity index (χ0) is 15.5. The molecule has 0 aliphatic heterocycles. The molecule has 0 amide bonds. The third-order valence-corrected chi connectivity index (χ3v) is 3.74. The van der Waals surface area contributed by atoms with Crippen LogP contribution in [0.2, 0.25) is 5.02 Å². The summed E-state index contributed by atoms with van der Waals surface area (Å²) in [7, 11) is 1.62. The predicted molar refractivity (Wildman–Crippen MR) is 87.6 cm³/mol. The van der Waals surface area contributed by atoms with E-state index < -0.39 is 0 Å². The molecule has 0 spiro atoms. The van der Waals surface area contributed by atoms with Crippen molar-refractivity contribution in [3.8, 4) is 11.8 Å². The lowest BCUT2D eigenvalue weighted by Crippen LogP contribution is -1.84. The van der Waals surface area contributed by atoms with E-state index in [0.717, 1.165) is 22.2 Å². The van der Waals surface area contributed by atoms with Crippen molar-refractivity contribution >= 4 is 34.2 Å². The van der Waals surface area contributed by atoms with Crippen LogP contribution in [0.3, 0.4) is 0 Å². The third-order valence-electron chi connectivity index (χ3n) is 3.40. The molecule has 4 nitrogen and oxygen atoms in total. The fourth-order valence-electron chi connectivity index (χ4n) is 2.27. The van der Waals surface area contributed by atoms with Gasteiger partial charge in [0.25, 0.3) is 0 Å². The van der Waals surface area contributed by atoms with Crippen LogP contribution in [0.1, 0.15) is 11.1 Å². The maximum atomic E-state index is 9.51. The highest BCUT2D eigenvalue weighted by molar-refractivity contribution is 6.32. The van der Waals surface area contributed by atoms with Crippen LogP contribution >= 0.6 is 11.6 Å². The number of nitriles is 1. The van der Waals surface area contributed by atoms with E-state index in [1.807, 2.05) is 24.4 Å². The van der Waals surface area contributed by atoms with Crippen molar-refractivity contribution in [2.75, 3.05) is 7.11 Å². The number of H-pyrrole nitrogens is 1. The molecule has 2 aromatic heterocycles. The van der Waals surface area contributed by atoms with Gasteiger partial charge in [0.1, 0.15) is 5.75 Å². The number of nitrogens with zero attached hydrogens (tertiary/aromatic N) is 2. The lowest BCUT2D eigenvalue weighted by atomic mass is 10.0. The molecule has 5 heteroatoms. The lowest BCUT2D eigenvalue weighted by molar-refractivity contribution is 0.415. The summed E-state index contributed by atoms with van der Waals surface area (Å²) in [5, 5.41) is 11.0. The molecule has 0 radical (unpaired) electrons. The first-order chi connectivity index (χ1) is 10.7. The van der Waals surface area contributed by atoms with Gasteiger partial charge in [0.15, 0.2) is 0 Å². The summed E-state index contributed by atoms with van der Waals surface area (Å²) < 4.78 is 5.25. The van der Waals surface area contributed by atoms with Crippen molar-refractivity contribution in [2.45, 2.75) is 0 Å². The molecule has 2 heterocycles. The first kappa shape index (κ1) is 14.2. The van der Waals surface area contributed by atoms with Crippen LogP contribution in [-0.4, -0.2) is 17.1 Å². The minimum atomic E-state index is 0.509. The standard InChI is InChI=1S/C17H12ClN3O/c1-22-13-2-3-17-14(7-13)15(10-21-17)11(8-19)6-12-9-20-5-4-16(12)18/h2-7,9-10,21H,1H3/b11-6-.